The summed E-state index contributed by atoms with van der Waals surface area (Å²) in [6.07, 6.45) is 4.86. The molecule has 0 aliphatic rings. The maximum Gasteiger partial charge on any atom is 0.248 e. The van der Waals surface area contributed by atoms with E-state index in [1.54, 1.807) is 17.5 Å². The second-order valence-electron chi connectivity index (χ2n) is 2.50. The quantitative estimate of drug-likeness (QED) is 0.799. The van der Waals surface area contributed by atoms with Gasteiger partial charge in [0.1, 0.15) is 5.82 Å². The molecule has 1 heterocycles. The van der Waals surface area contributed by atoms with Gasteiger partial charge < -0.3 is 11.1 Å². The molecule has 3 N–H and O–H groups in total. The molecule has 0 atom stereocenters. The number of amides is 1. The third kappa shape index (κ3) is 5.29. The standard InChI is InChI=1S/C9H11N3OS.ClH/c1-14-5-4-9(13)12-7-2-3-8(10)11-6-7;/h2-6H,1H3,(H2,10,11)(H,12,13);1H/b5-4+;. The largest absolute Gasteiger partial charge is 0.384 e. The molecule has 0 aliphatic heterocycles. The number of anilines is 2. The fourth-order valence-corrected chi connectivity index (χ4v) is 1.05. The van der Waals surface area contributed by atoms with Crippen LogP contribution in [-0.4, -0.2) is 17.1 Å². The van der Waals surface area contributed by atoms with Gasteiger partial charge in [0.15, 0.2) is 0 Å². The fourth-order valence-electron chi connectivity index (χ4n) is 0.793. The van der Waals surface area contributed by atoms with Crippen LogP contribution >= 0.6 is 24.2 Å². The highest BCUT2D eigenvalue weighted by molar-refractivity contribution is 8.01. The van der Waals surface area contributed by atoms with Gasteiger partial charge in [0.25, 0.3) is 0 Å². The van der Waals surface area contributed by atoms with Crippen molar-refractivity contribution in [2.45, 2.75) is 0 Å². The van der Waals surface area contributed by atoms with Crippen LogP contribution in [0.5, 0.6) is 0 Å². The van der Waals surface area contributed by atoms with Gasteiger partial charge in [-0.3, -0.25) is 4.79 Å². The second kappa shape index (κ2) is 7.14. The van der Waals surface area contributed by atoms with Gasteiger partial charge in [0.2, 0.25) is 5.91 Å². The van der Waals surface area contributed by atoms with Crippen molar-refractivity contribution in [3.05, 3.63) is 29.8 Å². The van der Waals surface area contributed by atoms with E-state index >= 15 is 0 Å². The Hall–Kier alpha value is -1.20. The van der Waals surface area contributed by atoms with E-state index in [9.17, 15) is 4.79 Å². The summed E-state index contributed by atoms with van der Waals surface area (Å²) in [5, 5.41) is 4.36. The molecule has 4 nitrogen and oxygen atoms in total. The van der Waals surface area contributed by atoms with Crippen molar-refractivity contribution in [3.8, 4) is 0 Å². The highest BCUT2D eigenvalue weighted by Gasteiger charge is 1.96. The highest BCUT2D eigenvalue weighted by atomic mass is 35.5. The molecule has 0 bridgehead atoms. The number of nitrogens with one attached hydrogen (secondary N) is 1. The summed E-state index contributed by atoms with van der Waals surface area (Å²) in [5.74, 6) is 0.258. The number of rotatable bonds is 3. The van der Waals surface area contributed by atoms with Crippen molar-refractivity contribution in [2.75, 3.05) is 17.3 Å². The highest BCUT2D eigenvalue weighted by Crippen LogP contribution is 2.06. The molecule has 0 spiro atoms. The van der Waals surface area contributed by atoms with Gasteiger partial charge in [-0.15, -0.1) is 24.2 Å². The second-order valence-corrected chi connectivity index (χ2v) is 3.24. The molecule has 1 amide bonds. The Labute approximate surface area is 98.7 Å². The van der Waals surface area contributed by atoms with E-state index < -0.39 is 0 Å². The zero-order valence-electron chi connectivity index (χ0n) is 8.14. The molecule has 0 aliphatic carbocycles. The number of pyridine rings is 1. The van der Waals surface area contributed by atoms with Crippen LogP contribution < -0.4 is 11.1 Å². The van der Waals surface area contributed by atoms with Gasteiger partial charge >= 0.3 is 0 Å². The van der Waals surface area contributed by atoms with Crippen LogP contribution in [0.4, 0.5) is 11.5 Å². The van der Waals surface area contributed by atoms with Gasteiger partial charge in [-0.2, -0.15) is 0 Å². The predicted octanol–water partition coefficient (Wildman–Crippen LogP) is 1.90. The van der Waals surface area contributed by atoms with Crippen LogP contribution in [0.25, 0.3) is 0 Å². The first kappa shape index (κ1) is 13.8. The van der Waals surface area contributed by atoms with Gasteiger partial charge in [-0.25, -0.2) is 4.98 Å². The van der Waals surface area contributed by atoms with Crippen molar-refractivity contribution < 1.29 is 4.79 Å². The zero-order valence-corrected chi connectivity index (χ0v) is 9.77. The van der Waals surface area contributed by atoms with E-state index in [0.29, 0.717) is 11.5 Å². The van der Waals surface area contributed by atoms with E-state index in [-0.39, 0.29) is 18.3 Å². The number of carbonyl (C=O) groups is 1. The lowest BCUT2D eigenvalue weighted by molar-refractivity contribution is -0.111. The van der Waals surface area contributed by atoms with Crippen molar-refractivity contribution in [1.29, 1.82) is 0 Å². The van der Waals surface area contributed by atoms with E-state index in [4.69, 9.17) is 5.73 Å². The lowest BCUT2D eigenvalue weighted by atomic mass is 10.4. The minimum atomic E-state index is -0.175. The van der Waals surface area contributed by atoms with E-state index in [1.165, 1.54) is 24.0 Å². The van der Waals surface area contributed by atoms with Crippen molar-refractivity contribution in [1.82, 2.24) is 4.98 Å². The smallest absolute Gasteiger partial charge is 0.248 e. The van der Waals surface area contributed by atoms with E-state index in [1.807, 2.05) is 6.26 Å². The molecule has 0 radical (unpaired) electrons. The molecule has 6 heteroatoms. The van der Waals surface area contributed by atoms with Crippen LogP contribution in [0.2, 0.25) is 0 Å². The van der Waals surface area contributed by atoms with Crippen molar-refractivity contribution >= 4 is 41.6 Å². The Bertz CT molecular complexity index is 340. The lowest BCUT2D eigenvalue weighted by Gasteiger charge is -2.00. The number of nitrogens with zero attached hydrogens (tertiary/aromatic N) is 1. The SMILES string of the molecule is CS/C=C/C(=O)Nc1ccc(N)nc1.Cl. The molecule has 0 fully saturated rings. The maximum absolute atomic E-state index is 11.2. The molecule has 15 heavy (non-hydrogen) atoms. The number of hydrogen-bond acceptors (Lipinski definition) is 4. The number of thioether (sulfide) groups is 1. The van der Waals surface area contributed by atoms with Gasteiger partial charge in [0.05, 0.1) is 11.9 Å². The average Bonchev–Trinajstić information content (AvgIpc) is 2.18. The molecule has 0 unspecified atom stereocenters. The number of carbonyl (C=O) groups excluding carboxylic acids is 1. The summed E-state index contributed by atoms with van der Waals surface area (Å²) in [5.41, 5.74) is 6.03. The minimum Gasteiger partial charge on any atom is -0.384 e. The lowest BCUT2D eigenvalue weighted by Crippen LogP contribution is -2.07. The minimum absolute atomic E-state index is 0. The molecule has 1 aromatic heterocycles. The normalized spacial score (nSPS) is 9.67. The van der Waals surface area contributed by atoms with Crippen molar-refractivity contribution in [2.24, 2.45) is 0 Å². The predicted molar refractivity (Wildman–Crippen MR) is 67.2 cm³/mol. The summed E-state index contributed by atoms with van der Waals surface area (Å²) in [6.45, 7) is 0. The molecule has 1 rings (SSSR count). The molecular formula is C9H12ClN3OS. The third-order valence-corrected chi connectivity index (χ3v) is 1.82. The molecule has 0 saturated heterocycles. The summed E-state index contributed by atoms with van der Waals surface area (Å²) in [7, 11) is 0. The summed E-state index contributed by atoms with van der Waals surface area (Å²) < 4.78 is 0. The number of nitrogens with two attached hydrogens (primary N) is 1. The first-order valence-electron chi connectivity index (χ1n) is 3.94. The Morgan fingerprint density at radius 3 is 2.87 bits per heavy atom. The average molecular weight is 246 g/mol. The first-order valence-corrected chi connectivity index (χ1v) is 5.23. The Morgan fingerprint density at radius 1 is 1.60 bits per heavy atom. The van der Waals surface area contributed by atoms with Crippen LogP contribution in [0, 0.1) is 0 Å². The van der Waals surface area contributed by atoms with E-state index in [0.717, 1.165) is 0 Å². The topological polar surface area (TPSA) is 68.0 Å². The van der Waals surface area contributed by atoms with Crippen LogP contribution in [0.15, 0.2) is 29.8 Å². The van der Waals surface area contributed by atoms with Crippen LogP contribution in [-0.2, 0) is 4.79 Å². The Morgan fingerprint density at radius 2 is 2.33 bits per heavy atom. The summed E-state index contributed by atoms with van der Waals surface area (Å²) >= 11 is 1.47. The maximum atomic E-state index is 11.2. The molecule has 1 aromatic rings. The van der Waals surface area contributed by atoms with Crippen molar-refractivity contribution in [3.63, 3.8) is 0 Å². The summed E-state index contributed by atoms with van der Waals surface area (Å²) in [4.78, 5) is 15.0. The van der Waals surface area contributed by atoms with Gasteiger partial charge in [-0.1, -0.05) is 0 Å². The Kier molecular flexibility index (Phi) is 6.57. The fraction of sp³-hybridized carbons (Fsp3) is 0.111. The van der Waals surface area contributed by atoms with Crippen LogP contribution in [0.1, 0.15) is 0 Å². The van der Waals surface area contributed by atoms with Crippen LogP contribution in [0.3, 0.4) is 0 Å². The monoisotopic (exact) mass is 245 g/mol. The number of hydrogen-bond donors (Lipinski definition) is 2. The number of nitrogen functional groups attached to an aromatic ring is 1. The molecular weight excluding hydrogens is 234 g/mol. The number of aromatic nitrogens is 1. The Balaban J connectivity index is 0.00000196. The third-order valence-electron chi connectivity index (χ3n) is 1.41. The van der Waals surface area contributed by atoms with Gasteiger partial charge in [0, 0.05) is 6.08 Å². The summed E-state index contributed by atoms with van der Waals surface area (Å²) in [6, 6.07) is 3.33. The molecule has 0 saturated carbocycles. The zero-order chi connectivity index (χ0) is 10.4. The van der Waals surface area contributed by atoms with E-state index in [2.05, 4.69) is 10.3 Å². The molecule has 82 valence electrons. The van der Waals surface area contributed by atoms with Gasteiger partial charge in [-0.05, 0) is 23.8 Å². The first-order chi connectivity index (χ1) is 6.72. The number of halogens is 1. The molecule has 0 aromatic carbocycles.